The van der Waals surface area contributed by atoms with Crippen LogP contribution in [0.25, 0.3) is 0 Å². The van der Waals surface area contributed by atoms with Crippen LogP contribution in [-0.2, 0) is 0 Å². The Labute approximate surface area is 165 Å². The van der Waals surface area contributed by atoms with Crippen LogP contribution in [0.5, 0.6) is 0 Å². The molecule has 0 unspecified atom stereocenters. The van der Waals surface area contributed by atoms with Gasteiger partial charge in [0.25, 0.3) is 0 Å². The predicted octanol–water partition coefficient (Wildman–Crippen LogP) is 8.86. The second kappa shape index (κ2) is 12.2. The Morgan fingerprint density at radius 1 is 0.778 bits per heavy atom. The Balaban J connectivity index is 1.54. The highest BCUT2D eigenvalue weighted by molar-refractivity contribution is 4.92. The van der Waals surface area contributed by atoms with Gasteiger partial charge >= 0.3 is 6.18 Å². The zero-order chi connectivity index (χ0) is 19.5. The number of hydrogen-bond donors (Lipinski definition) is 0. The van der Waals surface area contributed by atoms with Crippen LogP contribution in [-0.4, -0.2) is 6.18 Å². The monoisotopic (exact) mass is 386 g/mol. The van der Waals surface area contributed by atoms with Crippen molar-refractivity contribution in [3.05, 3.63) is 12.2 Å². The van der Waals surface area contributed by atoms with E-state index in [0.29, 0.717) is 12.3 Å². The van der Waals surface area contributed by atoms with E-state index >= 15 is 0 Å². The second-order valence-corrected chi connectivity index (χ2v) is 9.24. The maximum Gasteiger partial charge on any atom is 0.389 e. The molecule has 2 aliphatic rings. The Morgan fingerprint density at radius 3 is 2.00 bits per heavy atom. The van der Waals surface area contributed by atoms with Gasteiger partial charge in [-0.25, -0.2) is 0 Å². The topological polar surface area (TPSA) is 0 Å². The molecule has 2 rings (SSSR count). The van der Waals surface area contributed by atoms with Crippen LogP contribution in [0.4, 0.5) is 13.2 Å². The molecule has 27 heavy (non-hydrogen) atoms. The van der Waals surface area contributed by atoms with E-state index in [4.69, 9.17) is 0 Å². The minimum absolute atomic E-state index is 0.266. The van der Waals surface area contributed by atoms with Gasteiger partial charge in [-0.3, -0.25) is 0 Å². The van der Waals surface area contributed by atoms with Crippen LogP contribution in [0.2, 0.25) is 0 Å². The average Bonchev–Trinajstić information content (AvgIpc) is 2.65. The fourth-order valence-corrected chi connectivity index (χ4v) is 5.32. The summed E-state index contributed by atoms with van der Waals surface area (Å²) < 4.78 is 36.4. The summed E-state index contributed by atoms with van der Waals surface area (Å²) in [4.78, 5) is 0. The highest BCUT2D eigenvalue weighted by Gasteiger charge is 2.30. The number of hydrogen-bond acceptors (Lipinski definition) is 0. The molecular formula is C24H41F3. The van der Waals surface area contributed by atoms with Crippen molar-refractivity contribution < 1.29 is 13.2 Å². The Bertz CT molecular complexity index is 396. The molecule has 2 saturated carbocycles. The molecule has 0 saturated heterocycles. The van der Waals surface area contributed by atoms with Gasteiger partial charge < -0.3 is 0 Å². The molecule has 2 fully saturated rings. The van der Waals surface area contributed by atoms with E-state index in [2.05, 4.69) is 19.1 Å². The van der Waals surface area contributed by atoms with Crippen LogP contribution < -0.4 is 0 Å². The Kier molecular flexibility index (Phi) is 10.3. The van der Waals surface area contributed by atoms with Crippen LogP contribution >= 0.6 is 0 Å². The maximum absolute atomic E-state index is 12.1. The highest BCUT2D eigenvalue weighted by Crippen LogP contribution is 2.42. The van der Waals surface area contributed by atoms with E-state index in [9.17, 15) is 13.2 Å². The van der Waals surface area contributed by atoms with Gasteiger partial charge in [0.2, 0.25) is 0 Å². The van der Waals surface area contributed by atoms with Gasteiger partial charge in [0.1, 0.15) is 0 Å². The largest absolute Gasteiger partial charge is 0.389 e. The van der Waals surface area contributed by atoms with Crippen LogP contribution in [0.3, 0.4) is 0 Å². The summed E-state index contributed by atoms with van der Waals surface area (Å²) >= 11 is 0. The normalized spacial score (nSPS) is 30.1. The first-order valence-electron chi connectivity index (χ1n) is 11.7. The third-order valence-corrected chi connectivity index (χ3v) is 7.08. The lowest BCUT2D eigenvalue weighted by molar-refractivity contribution is -0.135. The van der Waals surface area contributed by atoms with Crippen LogP contribution in [0.15, 0.2) is 12.2 Å². The van der Waals surface area contributed by atoms with Crippen molar-refractivity contribution >= 4 is 0 Å². The van der Waals surface area contributed by atoms with E-state index in [1.807, 2.05) is 0 Å². The summed E-state index contributed by atoms with van der Waals surface area (Å²) in [5, 5.41) is 0. The van der Waals surface area contributed by atoms with Gasteiger partial charge in [-0.05, 0) is 81.5 Å². The Hall–Kier alpha value is -0.470. The van der Waals surface area contributed by atoms with Crippen molar-refractivity contribution in [1.29, 1.82) is 0 Å². The Morgan fingerprint density at radius 2 is 1.41 bits per heavy atom. The third-order valence-electron chi connectivity index (χ3n) is 7.08. The second-order valence-electron chi connectivity index (χ2n) is 9.24. The van der Waals surface area contributed by atoms with Crippen LogP contribution in [0, 0.1) is 23.7 Å². The summed E-state index contributed by atoms with van der Waals surface area (Å²) in [6.07, 6.45) is 18.3. The average molecular weight is 387 g/mol. The molecule has 0 nitrogen and oxygen atoms in total. The number of rotatable bonds is 10. The van der Waals surface area contributed by atoms with Crippen molar-refractivity contribution in [3.8, 4) is 0 Å². The third kappa shape index (κ3) is 9.52. The van der Waals surface area contributed by atoms with Crippen molar-refractivity contribution in [3.63, 3.8) is 0 Å². The molecule has 0 heterocycles. The fourth-order valence-electron chi connectivity index (χ4n) is 5.32. The standard InChI is InChI=1S/C24H41F3/c1-2-3-6-9-20-11-15-22(16-12-20)23-17-13-21(14-18-23)10-7-4-5-8-19-24(25,26)27/h7,10,20-23H,2-6,8-9,11-19H2,1H3. The smallest absolute Gasteiger partial charge is 0.171 e. The van der Waals surface area contributed by atoms with E-state index in [1.54, 1.807) is 0 Å². The van der Waals surface area contributed by atoms with Crippen molar-refractivity contribution in [1.82, 2.24) is 0 Å². The quantitative estimate of drug-likeness (QED) is 0.260. The van der Waals surface area contributed by atoms with Crippen LogP contribution in [0.1, 0.15) is 110 Å². The van der Waals surface area contributed by atoms with Gasteiger partial charge in [0.05, 0.1) is 0 Å². The molecule has 0 spiro atoms. The summed E-state index contributed by atoms with van der Waals surface area (Å²) in [5.41, 5.74) is 0. The molecule has 3 heteroatoms. The summed E-state index contributed by atoms with van der Waals surface area (Å²) in [6.45, 7) is 2.29. The molecule has 0 aromatic rings. The van der Waals surface area contributed by atoms with E-state index in [1.165, 1.54) is 77.0 Å². The van der Waals surface area contributed by atoms with E-state index in [-0.39, 0.29) is 6.42 Å². The van der Waals surface area contributed by atoms with E-state index < -0.39 is 12.6 Å². The SMILES string of the molecule is CCCCCC1CCC(C2CCC(C=CCCCCC(F)(F)F)CC2)CC1. The van der Waals surface area contributed by atoms with Gasteiger partial charge in [0.15, 0.2) is 0 Å². The minimum atomic E-state index is -3.99. The van der Waals surface area contributed by atoms with Gasteiger partial charge in [-0.1, -0.05) is 57.6 Å². The first-order valence-corrected chi connectivity index (χ1v) is 11.7. The summed E-state index contributed by atoms with van der Waals surface area (Å²) in [6, 6.07) is 0. The molecule has 2 aliphatic carbocycles. The molecule has 0 amide bonds. The maximum atomic E-state index is 12.1. The van der Waals surface area contributed by atoms with Gasteiger partial charge in [-0.15, -0.1) is 0 Å². The molecule has 0 atom stereocenters. The molecule has 0 N–H and O–H groups in total. The predicted molar refractivity (Wildman–Crippen MR) is 109 cm³/mol. The molecular weight excluding hydrogens is 345 g/mol. The first kappa shape index (κ1) is 22.8. The van der Waals surface area contributed by atoms with Gasteiger partial charge in [-0.2, -0.15) is 13.2 Å². The zero-order valence-electron chi connectivity index (χ0n) is 17.4. The molecule has 158 valence electrons. The zero-order valence-corrected chi connectivity index (χ0v) is 17.4. The summed E-state index contributed by atoms with van der Waals surface area (Å²) in [7, 11) is 0. The highest BCUT2D eigenvalue weighted by atomic mass is 19.4. The lowest BCUT2D eigenvalue weighted by Gasteiger charge is -2.37. The van der Waals surface area contributed by atoms with Crippen molar-refractivity contribution in [2.45, 2.75) is 116 Å². The van der Waals surface area contributed by atoms with Crippen molar-refractivity contribution in [2.24, 2.45) is 23.7 Å². The molecule has 0 aliphatic heterocycles. The lowest BCUT2D eigenvalue weighted by Crippen LogP contribution is -2.25. The first-order chi connectivity index (χ1) is 13.0. The minimum Gasteiger partial charge on any atom is -0.171 e. The molecule has 0 aromatic heterocycles. The fraction of sp³-hybridized carbons (Fsp3) is 0.917. The lowest BCUT2D eigenvalue weighted by atomic mass is 9.68. The molecule has 0 radical (unpaired) electrons. The van der Waals surface area contributed by atoms with E-state index in [0.717, 1.165) is 24.2 Å². The molecule has 0 bridgehead atoms. The van der Waals surface area contributed by atoms with Crippen molar-refractivity contribution in [2.75, 3.05) is 0 Å². The number of allylic oxidation sites excluding steroid dienone is 2. The molecule has 0 aromatic carbocycles. The number of unbranched alkanes of at least 4 members (excludes halogenated alkanes) is 4. The number of alkyl halides is 3. The number of halogens is 3. The van der Waals surface area contributed by atoms with Gasteiger partial charge in [0, 0.05) is 6.42 Å². The summed E-state index contributed by atoms with van der Waals surface area (Å²) in [5.74, 6) is 3.59.